The van der Waals surface area contributed by atoms with Gasteiger partial charge in [0.2, 0.25) is 0 Å². The van der Waals surface area contributed by atoms with Crippen LogP contribution in [0.2, 0.25) is 0 Å². The van der Waals surface area contributed by atoms with Crippen molar-refractivity contribution in [2.24, 2.45) is 17.8 Å². The zero-order valence-electron chi connectivity index (χ0n) is 10.1. The lowest BCUT2D eigenvalue weighted by molar-refractivity contribution is -0.131. The molecular formula is C14H20O2S. The lowest BCUT2D eigenvalue weighted by atomic mass is 9.56. The summed E-state index contributed by atoms with van der Waals surface area (Å²) in [6.45, 7) is 0. The second-order valence-electron chi connectivity index (χ2n) is 6.15. The van der Waals surface area contributed by atoms with Crippen molar-refractivity contribution in [3.63, 3.8) is 0 Å². The summed E-state index contributed by atoms with van der Waals surface area (Å²) >= 11 is 2.03. The van der Waals surface area contributed by atoms with Gasteiger partial charge in [-0.2, -0.15) is 11.8 Å². The predicted octanol–water partition coefficient (Wildman–Crippen LogP) is 3.33. The van der Waals surface area contributed by atoms with Crippen LogP contribution in [0.15, 0.2) is 12.2 Å². The van der Waals surface area contributed by atoms with Crippen molar-refractivity contribution in [1.82, 2.24) is 0 Å². The highest BCUT2D eigenvalue weighted by Gasteiger charge is 2.50. The SMILES string of the molecule is O=C(O)/C=C/CSC12CC3CC(CC(C3)C1)C2. The van der Waals surface area contributed by atoms with Gasteiger partial charge in [0.1, 0.15) is 0 Å². The molecule has 3 heteroatoms. The summed E-state index contributed by atoms with van der Waals surface area (Å²) in [5.74, 6) is 3.00. The number of hydrogen-bond donors (Lipinski definition) is 1. The minimum Gasteiger partial charge on any atom is -0.478 e. The van der Waals surface area contributed by atoms with Crippen LogP contribution in [0.4, 0.5) is 0 Å². The van der Waals surface area contributed by atoms with Gasteiger partial charge in [-0.25, -0.2) is 4.79 Å². The van der Waals surface area contributed by atoms with E-state index in [-0.39, 0.29) is 0 Å². The van der Waals surface area contributed by atoms with Gasteiger partial charge in [0.25, 0.3) is 0 Å². The molecule has 4 aliphatic rings. The van der Waals surface area contributed by atoms with Crippen LogP contribution >= 0.6 is 11.8 Å². The molecule has 4 bridgehead atoms. The summed E-state index contributed by atoms with van der Waals surface area (Å²) in [5, 5.41) is 8.58. The average Bonchev–Trinajstić information content (AvgIpc) is 2.22. The van der Waals surface area contributed by atoms with Crippen LogP contribution < -0.4 is 0 Å². The van der Waals surface area contributed by atoms with Gasteiger partial charge < -0.3 is 5.11 Å². The highest BCUT2D eigenvalue weighted by molar-refractivity contribution is 8.00. The second-order valence-corrected chi connectivity index (χ2v) is 7.64. The van der Waals surface area contributed by atoms with Gasteiger partial charge in [0.05, 0.1) is 0 Å². The maximum absolute atomic E-state index is 10.4. The minimum atomic E-state index is -0.823. The van der Waals surface area contributed by atoms with Crippen molar-refractivity contribution >= 4 is 17.7 Å². The van der Waals surface area contributed by atoms with Crippen molar-refractivity contribution < 1.29 is 9.90 Å². The smallest absolute Gasteiger partial charge is 0.328 e. The zero-order valence-corrected chi connectivity index (χ0v) is 10.9. The van der Waals surface area contributed by atoms with Crippen LogP contribution in [-0.4, -0.2) is 21.6 Å². The zero-order chi connectivity index (χ0) is 11.9. The van der Waals surface area contributed by atoms with Gasteiger partial charge in [0.15, 0.2) is 0 Å². The molecule has 0 radical (unpaired) electrons. The van der Waals surface area contributed by atoms with Crippen LogP contribution in [0.5, 0.6) is 0 Å². The Morgan fingerprint density at radius 1 is 1.18 bits per heavy atom. The first-order chi connectivity index (χ1) is 8.15. The molecule has 17 heavy (non-hydrogen) atoms. The molecular weight excluding hydrogens is 232 g/mol. The summed E-state index contributed by atoms with van der Waals surface area (Å²) in [5.41, 5.74) is 0. The van der Waals surface area contributed by atoms with Crippen molar-refractivity contribution in [2.45, 2.75) is 43.3 Å². The van der Waals surface area contributed by atoms with E-state index in [0.29, 0.717) is 4.75 Å². The fourth-order valence-electron chi connectivity index (χ4n) is 4.58. The minimum absolute atomic E-state index is 0.512. The van der Waals surface area contributed by atoms with Crippen LogP contribution in [0.3, 0.4) is 0 Å². The molecule has 4 fully saturated rings. The quantitative estimate of drug-likeness (QED) is 0.780. The number of aliphatic carboxylic acids is 1. The average molecular weight is 252 g/mol. The Labute approximate surface area is 107 Å². The maximum Gasteiger partial charge on any atom is 0.328 e. The summed E-state index contributed by atoms with van der Waals surface area (Å²) in [6, 6.07) is 0. The number of thioether (sulfide) groups is 1. The molecule has 0 aromatic rings. The van der Waals surface area contributed by atoms with Crippen LogP contribution in [-0.2, 0) is 4.79 Å². The Hall–Kier alpha value is -0.440. The maximum atomic E-state index is 10.4. The number of hydrogen-bond acceptors (Lipinski definition) is 2. The Balaban J connectivity index is 1.60. The van der Waals surface area contributed by atoms with E-state index in [4.69, 9.17) is 5.11 Å². The van der Waals surface area contributed by atoms with Crippen LogP contribution in [0.1, 0.15) is 38.5 Å². The number of rotatable bonds is 4. The Bertz CT molecular complexity index is 313. The van der Waals surface area contributed by atoms with E-state index in [0.717, 1.165) is 23.5 Å². The van der Waals surface area contributed by atoms with Gasteiger partial charge in [0, 0.05) is 16.6 Å². The molecule has 4 saturated carbocycles. The first kappa shape index (κ1) is 11.6. The molecule has 0 aliphatic heterocycles. The lowest BCUT2D eigenvalue weighted by Crippen LogP contribution is -2.48. The van der Waals surface area contributed by atoms with Crippen LogP contribution in [0, 0.1) is 17.8 Å². The monoisotopic (exact) mass is 252 g/mol. The molecule has 0 atom stereocenters. The van der Waals surface area contributed by atoms with Gasteiger partial charge in [-0.05, 0) is 56.3 Å². The third kappa shape index (κ3) is 2.40. The van der Waals surface area contributed by atoms with Crippen molar-refractivity contribution in [3.8, 4) is 0 Å². The van der Waals surface area contributed by atoms with Gasteiger partial charge in [-0.1, -0.05) is 6.08 Å². The lowest BCUT2D eigenvalue weighted by Gasteiger charge is -2.56. The molecule has 4 rings (SSSR count). The molecule has 4 aliphatic carbocycles. The molecule has 0 spiro atoms. The fourth-order valence-corrected chi connectivity index (χ4v) is 6.19. The molecule has 2 nitrogen and oxygen atoms in total. The Morgan fingerprint density at radius 2 is 1.71 bits per heavy atom. The van der Waals surface area contributed by atoms with E-state index in [1.807, 2.05) is 17.8 Å². The molecule has 0 saturated heterocycles. The van der Waals surface area contributed by atoms with E-state index in [1.165, 1.54) is 44.6 Å². The number of carbonyl (C=O) groups is 1. The summed E-state index contributed by atoms with van der Waals surface area (Å²) in [7, 11) is 0. The first-order valence-electron chi connectivity index (χ1n) is 6.69. The van der Waals surface area contributed by atoms with E-state index in [1.54, 1.807) is 0 Å². The highest BCUT2D eigenvalue weighted by atomic mass is 32.2. The molecule has 0 aromatic heterocycles. The largest absolute Gasteiger partial charge is 0.478 e. The Kier molecular flexibility index (Phi) is 2.97. The van der Waals surface area contributed by atoms with Crippen molar-refractivity contribution in [3.05, 3.63) is 12.2 Å². The molecule has 1 N–H and O–H groups in total. The van der Waals surface area contributed by atoms with E-state index in [2.05, 4.69) is 0 Å². The molecule has 0 heterocycles. The van der Waals surface area contributed by atoms with Crippen molar-refractivity contribution in [2.75, 3.05) is 5.75 Å². The summed E-state index contributed by atoms with van der Waals surface area (Å²) in [6.07, 6.45) is 11.7. The standard InChI is InChI=1S/C14H20O2S/c15-13(16)2-1-3-17-14-7-10-4-11(8-14)6-12(5-10)9-14/h1-2,10-12H,3-9H2,(H,15,16)/b2-1+. The van der Waals surface area contributed by atoms with Crippen LogP contribution in [0.25, 0.3) is 0 Å². The van der Waals surface area contributed by atoms with Gasteiger partial charge >= 0.3 is 5.97 Å². The number of carboxylic acids is 1. The molecule has 0 unspecified atom stereocenters. The van der Waals surface area contributed by atoms with Gasteiger partial charge in [-0.15, -0.1) is 0 Å². The van der Waals surface area contributed by atoms with Gasteiger partial charge in [-0.3, -0.25) is 0 Å². The van der Waals surface area contributed by atoms with E-state index in [9.17, 15) is 4.79 Å². The third-order valence-corrected chi connectivity index (χ3v) is 6.20. The second kappa shape index (κ2) is 4.34. The normalized spacial score (nSPS) is 43.4. The predicted molar refractivity (Wildman–Crippen MR) is 70.1 cm³/mol. The summed E-state index contributed by atoms with van der Waals surface area (Å²) in [4.78, 5) is 10.4. The molecule has 0 aromatic carbocycles. The molecule has 0 amide bonds. The Morgan fingerprint density at radius 3 is 2.18 bits per heavy atom. The van der Waals surface area contributed by atoms with E-state index >= 15 is 0 Å². The first-order valence-corrected chi connectivity index (χ1v) is 7.67. The molecule has 94 valence electrons. The summed E-state index contributed by atoms with van der Waals surface area (Å²) < 4.78 is 0.512. The highest BCUT2D eigenvalue weighted by Crippen LogP contribution is 2.60. The number of carboxylic acid groups (broad SMARTS) is 1. The topological polar surface area (TPSA) is 37.3 Å². The third-order valence-electron chi connectivity index (χ3n) is 4.73. The van der Waals surface area contributed by atoms with Crippen molar-refractivity contribution in [1.29, 1.82) is 0 Å². The van der Waals surface area contributed by atoms with E-state index < -0.39 is 5.97 Å². The fraction of sp³-hybridized carbons (Fsp3) is 0.786.